The fourth-order valence-electron chi connectivity index (χ4n) is 1.25. The summed E-state index contributed by atoms with van der Waals surface area (Å²) in [5.41, 5.74) is -0.0923. The van der Waals surface area contributed by atoms with Crippen LogP contribution in [0.3, 0.4) is 0 Å². The second kappa shape index (κ2) is 7.39. The van der Waals surface area contributed by atoms with Gasteiger partial charge >= 0.3 is 11.9 Å². The molecule has 1 aromatic rings. The van der Waals surface area contributed by atoms with E-state index < -0.39 is 30.9 Å². The predicted octanol–water partition coefficient (Wildman–Crippen LogP) is -0.0818. The summed E-state index contributed by atoms with van der Waals surface area (Å²) in [4.78, 5) is 43.1. The number of halogens is 1. The lowest BCUT2D eigenvalue weighted by Gasteiger charge is -2.19. The van der Waals surface area contributed by atoms with Crippen molar-refractivity contribution in [3.63, 3.8) is 0 Å². The zero-order valence-corrected chi connectivity index (χ0v) is 11.6. The fourth-order valence-corrected chi connectivity index (χ4v) is 1.39. The molecule has 0 aliphatic heterocycles. The van der Waals surface area contributed by atoms with E-state index >= 15 is 0 Å². The number of nitrogens with zero attached hydrogens (tertiary/aromatic N) is 3. The summed E-state index contributed by atoms with van der Waals surface area (Å²) in [5, 5.41) is 0.0203. The summed E-state index contributed by atoms with van der Waals surface area (Å²) in [6.45, 7) is -0.836. The Balaban J connectivity index is 2.93. The van der Waals surface area contributed by atoms with Gasteiger partial charge in [0.15, 0.2) is 0 Å². The van der Waals surface area contributed by atoms with E-state index in [0.717, 1.165) is 4.90 Å². The molecule has 20 heavy (non-hydrogen) atoms. The number of methoxy groups -OCH3 is 2. The van der Waals surface area contributed by atoms with Gasteiger partial charge in [0.25, 0.3) is 5.91 Å². The average molecular weight is 302 g/mol. The van der Waals surface area contributed by atoms with Gasteiger partial charge in [0.05, 0.1) is 26.6 Å². The van der Waals surface area contributed by atoms with Crippen molar-refractivity contribution in [2.75, 3.05) is 27.3 Å². The Hall–Kier alpha value is -2.22. The molecule has 0 fully saturated rings. The van der Waals surface area contributed by atoms with Crippen molar-refractivity contribution in [3.05, 3.63) is 23.2 Å². The van der Waals surface area contributed by atoms with Crippen molar-refractivity contribution < 1.29 is 23.9 Å². The van der Waals surface area contributed by atoms with Crippen LogP contribution in [0.1, 0.15) is 10.5 Å². The number of amides is 1. The number of rotatable bonds is 5. The Kier molecular flexibility index (Phi) is 5.85. The average Bonchev–Trinajstić information content (AvgIpc) is 2.45. The number of carbonyl (C=O) groups excluding carboxylic acids is 3. The van der Waals surface area contributed by atoms with Gasteiger partial charge in [0, 0.05) is 0 Å². The van der Waals surface area contributed by atoms with Crippen molar-refractivity contribution in [2.45, 2.75) is 0 Å². The minimum Gasteiger partial charge on any atom is -0.468 e. The van der Waals surface area contributed by atoms with E-state index in [1.165, 1.54) is 26.6 Å². The van der Waals surface area contributed by atoms with E-state index in [1.54, 1.807) is 0 Å². The zero-order valence-electron chi connectivity index (χ0n) is 10.8. The molecule has 0 aliphatic rings. The van der Waals surface area contributed by atoms with Gasteiger partial charge in [-0.2, -0.15) is 0 Å². The van der Waals surface area contributed by atoms with E-state index in [2.05, 4.69) is 19.4 Å². The summed E-state index contributed by atoms with van der Waals surface area (Å²) in [6.07, 6.45) is 2.43. The van der Waals surface area contributed by atoms with Crippen molar-refractivity contribution >= 4 is 29.4 Å². The van der Waals surface area contributed by atoms with Gasteiger partial charge in [-0.25, -0.2) is 4.98 Å². The highest BCUT2D eigenvalue weighted by Crippen LogP contribution is 2.06. The molecule has 0 saturated heterocycles. The van der Waals surface area contributed by atoms with E-state index in [-0.39, 0.29) is 10.8 Å². The Bertz CT molecular complexity index is 505. The first-order valence-corrected chi connectivity index (χ1v) is 5.76. The number of hydrogen-bond donors (Lipinski definition) is 0. The molecule has 0 N–H and O–H groups in total. The first kappa shape index (κ1) is 15.8. The zero-order chi connectivity index (χ0) is 15.1. The minimum atomic E-state index is -0.684. The van der Waals surface area contributed by atoms with Crippen LogP contribution in [0.15, 0.2) is 12.4 Å². The first-order chi connectivity index (χ1) is 9.47. The lowest BCUT2D eigenvalue weighted by Crippen LogP contribution is -2.40. The molecule has 0 saturated carbocycles. The van der Waals surface area contributed by atoms with Crippen LogP contribution in [0, 0.1) is 0 Å². The maximum atomic E-state index is 12.1. The molecule has 0 radical (unpaired) electrons. The van der Waals surface area contributed by atoms with Gasteiger partial charge in [0.2, 0.25) is 0 Å². The van der Waals surface area contributed by atoms with Crippen molar-refractivity contribution in [1.29, 1.82) is 0 Å². The van der Waals surface area contributed by atoms with Crippen LogP contribution in [0.25, 0.3) is 0 Å². The highest BCUT2D eigenvalue weighted by molar-refractivity contribution is 6.29. The van der Waals surface area contributed by atoms with Gasteiger partial charge in [-0.3, -0.25) is 19.4 Å². The van der Waals surface area contributed by atoms with Crippen molar-refractivity contribution in [2.24, 2.45) is 0 Å². The molecule has 0 unspecified atom stereocenters. The highest BCUT2D eigenvalue weighted by atomic mass is 35.5. The van der Waals surface area contributed by atoms with Crippen LogP contribution in [-0.4, -0.2) is 60.0 Å². The van der Waals surface area contributed by atoms with E-state index in [4.69, 9.17) is 11.6 Å². The van der Waals surface area contributed by atoms with Gasteiger partial charge in [0.1, 0.15) is 23.9 Å². The third-order valence-corrected chi connectivity index (χ3v) is 2.39. The summed E-state index contributed by atoms with van der Waals surface area (Å²) >= 11 is 5.63. The molecule has 0 atom stereocenters. The topological polar surface area (TPSA) is 98.7 Å². The standard InChI is InChI=1S/C11H12ClN3O5/c1-19-9(16)5-15(6-10(17)20-2)11(18)7-3-13-4-8(12)14-7/h3-4H,5-6H2,1-2H3. The van der Waals surface area contributed by atoms with Crippen molar-refractivity contribution in [3.8, 4) is 0 Å². The Morgan fingerprint density at radius 2 is 1.70 bits per heavy atom. The SMILES string of the molecule is COC(=O)CN(CC(=O)OC)C(=O)c1cncc(Cl)n1. The molecule has 1 heterocycles. The Morgan fingerprint density at radius 1 is 1.15 bits per heavy atom. The molecule has 0 aliphatic carbocycles. The predicted molar refractivity (Wildman–Crippen MR) is 67.0 cm³/mol. The van der Waals surface area contributed by atoms with Gasteiger partial charge in [-0.05, 0) is 0 Å². The third-order valence-electron chi connectivity index (χ3n) is 2.21. The normalized spacial score (nSPS) is 9.75. The molecule has 0 spiro atoms. The summed E-state index contributed by atoms with van der Waals surface area (Å²) in [6, 6.07) is 0. The second-order valence-corrected chi connectivity index (χ2v) is 3.93. The van der Waals surface area contributed by atoms with Crippen LogP contribution in [0.5, 0.6) is 0 Å². The minimum absolute atomic E-state index is 0.0203. The Labute approximate surface area is 119 Å². The summed E-state index contributed by atoms with van der Waals surface area (Å²) in [7, 11) is 2.34. The summed E-state index contributed by atoms with van der Waals surface area (Å²) in [5.74, 6) is -2.05. The molecule has 1 aromatic heterocycles. The fraction of sp³-hybridized carbons (Fsp3) is 0.364. The molecule has 1 amide bonds. The van der Waals surface area contributed by atoms with Crippen molar-refractivity contribution in [1.82, 2.24) is 14.9 Å². The van der Waals surface area contributed by atoms with Crippen LogP contribution in [-0.2, 0) is 19.1 Å². The molecule has 9 heteroatoms. The lowest BCUT2D eigenvalue weighted by molar-refractivity contribution is -0.144. The van der Waals surface area contributed by atoms with E-state index in [9.17, 15) is 14.4 Å². The lowest BCUT2D eigenvalue weighted by atomic mass is 10.3. The number of carbonyl (C=O) groups is 3. The quantitative estimate of drug-likeness (QED) is 0.701. The second-order valence-electron chi connectivity index (χ2n) is 3.54. The van der Waals surface area contributed by atoms with E-state index in [1.807, 2.05) is 0 Å². The number of esters is 2. The molecule has 0 bridgehead atoms. The largest absolute Gasteiger partial charge is 0.468 e. The first-order valence-electron chi connectivity index (χ1n) is 5.38. The maximum Gasteiger partial charge on any atom is 0.325 e. The molecule has 1 rings (SSSR count). The van der Waals surface area contributed by atoms with Gasteiger partial charge in [-0.1, -0.05) is 11.6 Å². The van der Waals surface area contributed by atoms with Crippen LogP contribution >= 0.6 is 11.6 Å². The van der Waals surface area contributed by atoms with Crippen LogP contribution in [0.2, 0.25) is 5.15 Å². The maximum absolute atomic E-state index is 12.1. The molecular formula is C11H12ClN3O5. The van der Waals surface area contributed by atoms with E-state index in [0.29, 0.717) is 0 Å². The molecule has 8 nitrogen and oxygen atoms in total. The number of hydrogen-bond acceptors (Lipinski definition) is 7. The highest BCUT2D eigenvalue weighted by Gasteiger charge is 2.23. The third kappa shape index (κ3) is 4.47. The smallest absolute Gasteiger partial charge is 0.325 e. The molecule has 108 valence electrons. The molecular weight excluding hydrogens is 290 g/mol. The summed E-state index contributed by atoms with van der Waals surface area (Å²) < 4.78 is 8.92. The van der Waals surface area contributed by atoms with Gasteiger partial charge < -0.3 is 14.4 Å². The van der Waals surface area contributed by atoms with Gasteiger partial charge in [-0.15, -0.1) is 0 Å². The van der Waals surface area contributed by atoms with Crippen LogP contribution < -0.4 is 0 Å². The molecule has 0 aromatic carbocycles. The number of ether oxygens (including phenoxy) is 2. The Morgan fingerprint density at radius 3 is 2.15 bits per heavy atom. The van der Waals surface area contributed by atoms with Crippen LogP contribution in [0.4, 0.5) is 0 Å². The number of aromatic nitrogens is 2. The monoisotopic (exact) mass is 301 g/mol.